The van der Waals surface area contributed by atoms with Gasteiger partial charge in [-0.2, -0.15) is 5.10 Å². The second kappa shape index (κ2) is 9.28. The number of aromatic nitrogens is 3. The summed E-state index contributed by atoms with van der Waals surface area (Å²) in [5.41, 5.74) is 2.92. The van der Waals surface area contributed by atoms with Gasteiger partial charge >= 0.3 is 0 Å². The molecular formula is C23H20BrN3O2S. The van der Waals surface area contributed by atoms with Crippen LogP contribution in [0.4, 0.5) is 0 Å². The van der Waals surface area contributed by atoms with Gasteiger partial charge in [0, 0.05) is 10.0 Å². The molecule has 0 fully saturated rings. The maximum atomic E-state index is 5.90. The minimum Gasteiger partial charge on any atom is -0.494 e. The normalized spacial score (nSPS) is 10.7. The van der Waals surface area contributed by atoms with Crippen molar-refractivity contribution in [3.05, 3.63) is 87.6 Å². The van der Waals surface area contributed by atoms with Crippen molar-refractivity contribution in [3.63, 3.8) is 0 Å². The van der Waals surface area contributed by atoms with E-state index in [1.807, 2.05) is 78.2 Å². The Kier molecular flexibility index (Phi) is 6.30. The molecule has 0 saturated carbocycles. The van der Waals surface area contributed by atoms with Crippen LogP contribution in [-0.4, -0.2) is 21.4 Å². The lowest BCUT2D eigenvalue weighted by atomic mass is 10.1. The van der Waals surface area contributed by atoms with E-state index in [1.54, 1.807) is 0 Å². The van der Waals surface area contributed by atoms with E-state index in [1.165, 1.54) is 0 Å². The van der Waals surface area contributed by atoms with Gasteiger partial charge in [-0.15, -0.1) is 0 Å². The van der Waals surface area contributed by atoms with Gasteiger partial charge in [0.15, 0.2) is 10.6 Å². The van der Waals surface area contributed by atoms with Crippen LogP contribution in [0.1, 0.15) is 12.5 Å². The monoisotopic (exact) mass is 481 g/mol. The van der Waals surface area contributed by atoms with Gasteiger partial charge in [-0.05, 0) is 79.3 Å². The Balaban J connectivity index is 1.59. The summed E-state index contributed by atoms with van der Waals surface area (Å²) >= 11 is 8.92. The lowest BCUT2D eigenvalue weighted by molar-refractivity contribution is 0.306. The predicted octanol–water partition coefficient (Wildman–Crippen LogP) is 6.34. The van der Waals surface area contributed by atoms with E-state index in [9.17, 15) is 0 Å². The molecule has 1 aromatic heterocycles. The first-order valence-electron chi connectivity index (χ1n) is 9.52. The predicted molar refractivity (Wildman–Crippen MR) is 124 cm³/mol. The fourth-order valence-corrected chi connectivity index (χ4v) is 3.59. The van der Waals surface area contributed by atoms with Gasteiger partial charge in [-0.1, -0.05) is 34.1 Å². The molecule has 7 heteroatoms. The molecule has 0 saturated heterocycles. The highest BCUT2D eigenvalue weighted by atomic mass is 79.9. The highest BCUT2D eigenvalue weighted by Crippen LogP contribution is 2.25. The SMILES string of the molecule is CCOc1ccc(-n2c(-c3cccc(COc4ccc(Br)cc4)c3)n[nH]c2=S)cc1. The van der Waals surface area contributed by atoms with Gasteiger partial charge in [0.2, 0.25) is 0 Å². The zero-order chi connectivity index (χ0) is 20.9. The summed E-state index contributed by atoms with van der Waals surface area (Å²) in [5.74, 6) is 2.39. The van der Waals surface area contributed by atoms with Crippen molar-refractivity contribution in [3.8, 4) is 28.6 Å². The summed E-state index contributed by atoms with van der Waals surface area (Å²) in [5, 5.41) is 7.36. The zero-order valence-electron chi connectivity index (χ0n) is 16.3. The molecule has 152 valence electrons. The number of hydrogen-bond acceptors (Lipinski definition) is 4. The number of rotatable bonds is 7. The molecule has 4 aromatic rings. The summed E-state index contributed by atoms with van der Waals surface area (Å²) in [4.78, 5) is 0. The summed E-state index contributed by atoms with van der Waals surface area (Å²) in [6.45, 7) is 3.06. The molecule has 3 aromatic carbocycles. The summed E-state index contributed by atoms with van der Waals surface area (Å²) in [6.07, 6.45) is 0. The number of nitrogens with zero attached hydrogens (tertiary/aromatic N) is 2. The Morgan fingerprint density at radius 3 is 2.40 bits per heavy atom. The first-order valence-corrected chi connectivity index (χ1v) is 10.7. The third-order valence-electron chi connectivity index (χ3n) is 4.48. The van der Waals surface area contributed by atoms with Gasteiger partial charge < -0.3 is 9.47 Å². The Bertz CT molecular complexity index is 1180. The molecule has 0 aliphatic heterocycles. The second-order valence-corrected chi connectivity index (χ2v) is 7.86. The van der Waals surface area contributed by atoms with Gasteiger partial charge in [-0.25, -0.2) is 0 Å². The third-order valence-corrected chi connectivity index (χ3v) is 5.29. The van der Waals surface area contributed by atoms with E-state index < -0.39 is 0 Å². The molecule has 0 aliphatic rings. The Morgan fingerprint density at radius 2 is 1.67 bits per heavy atom. The maximum Gasteiger partial charge on any atom is 0.200 e. The number of aromatic amines is 1. The minimum atomic E-state index is 0.462. The van der Waals surface area contributed by atoms with E-state index in [4.69, 9.17) is 21.7 Å². The summed E-state index contributed by atoms with van der Waals surface area (Å²) < 4.78 is 14.9. The van der Waals surface area contributed by atoms with Crippen molar-refractivity contribution in [2.75, 3.05) is 6.61 Å². The summed E-state index contributed by atoms with van der Waals surface area (Å²) in [7, 11) is 0. The van der Waals surface area contributed by atoms with E-state index in [0.29, 0.717) is 18.0 Å². The van der Waals surface area contributed by atoms with Crippen molar-refractivity contribution >= 4 is 28.1 Å². The molecule has 0 amide bonds. The molecule has 1 N–H and O–H groups in total. The van der Waals surface area contributed by atoms with Crippen LogP contribution in [0.25, 0.3) is 17.1 Å². The number of hydrogen-bond donors (Lipinski definition) is 1. The first kappa shape index (κ1) is 20.4. The van der Waals surface area contributed by atoms with Gasteiger partial charge in [0.25, 0.3) is 0 Å². The van der Waals surface area contributed by atoms with Crippen LogP contribution in [-0.2, 0) is 6.61 Å². The van der Waals surface area contributed by atoms with Crippen LogP contribution in [0.2, 0.25) is 0 Å². The van der Waals surface area contributed by atoms with Crippen molar-refractivity contribution < 1.29 is 9.47 Å². The van der Waals surface area contributed by atoms with Crippen molar-refractivity contribution in [2.24, 2.45) is 0 Å². The van der Waals surface area contributed by atoms with Crippen LogP contribution in [0, 0.1) is 4.77 Å². The van der Waals surface area contributed by atoms with E-state index >= 15 is 0 Å². The molecule has 4 rings (SSSR count). The summed E-state index contributed by atoms with van der Waals surface area (Å²) in [6, 6.07) is 23.7. The van der Waals surface area contributed by atoms with Gasteiger partial charge in [0.05, 0.1) is 12.3 Å². The number of halogens is 1. The van der Waals surface area contributed by atoms with Crippen molar-refractivity contribution in [2.45, 2.75) is 13.5 Å². The quantitative estimate of drug-likeness (QED) is 0.313. The fourth-order valence-electron chi connectivity index (χ4n) is 3.09. The average Bonchev–Trinajstić information content (AvgIpc) is 3.16. The van der Waals surface area contributed by atoms with E-state index in [2.05, 4.69) is 32.2 Å². The lowest BCUT2D eigenvalue weighted by Gasteiger charge is -2.10. The largest absolute Gasteiger partial charge is 0.494 e. The molecule has 0 aliphatic carbocycles. The van der Waals surface area contributed by atoms with Gasteiger partial charge in [0.1, 0.15) is 18.1 Å². The molecule has 0 bridgehead atoms. The highest BCUT2D eigenvalue weighted by Gasteiger charge is 2.12. The van der Waals surface area contributed by atoms with E-state index in [0.717, 1.165) is 38.6 Å². The Labute approximate surface area is 188 Å². The van der Waals surface area contributed by atoms with Crippen LogP contribution < -0.4 is 9.47 Å². The minimum absolute atomic E-state index is 0.462. The molecule has 1 heterocycles. The average molecular weight is 482 g/mol. The third kappa shape index (κ3) is 4.63. The van der Waals surface area contributed by atoms with E-state index in [-0.39, 0.29) is 0 Å². The zero-order valence-corrected chi connectivity index (χ0v) is 18.7. The first-order chi connectivity index (χ1) is 14.6. The number of H-pyrrole nitrogens is 1. The molecule has 0 spiro atoms. The Hall–Kier alpha value is -2.90. The molecule has 0 unspecified atom stereocenters. The standard InChI is InChI=1S/C23H20BrN3O2S/c1-2-28-20-12-8-19(9-13-20)27-22(25-26-23(27)30)17-5-3-4-16(14-17)15-29-21-10-6-18(24)7-11-21/h3-14H,2,15H2,1H3,(H,26,30). The van der Waals surface area contributed by atoms with Crippen molar-refractivity contribution in [1.82, 2.24) is 14.8 Å². The number of benzene rings is 3. The number of ether oxygens (including phenoxy) is 2. The molecular weight excluding hydrogens is 462 g/mol. The molecule has 5 nitrogen and oxygen atoms in total. The van der Waals surface area contributed by atoms with Crippen LogP contribution >= 0.6 is 28.1 Å². The molecule has 30 heavy (non-hydrogen) atoms. The Morgan fingerprint density at radius 1 is 0.967 bits per heavy atom. The second-order valence-electron chi connectivity index (χ2n) is 6.56. The molecule has 0 atom stereocenters. The fraction of sp³-hybridized carbons (Fsp3) is 0.130. The molecule has 0 radical (unpaired) electrons. The lowest BCUT2D eigenvalue weighted by Crippen LogP contribution is -2.00. The van der Waals surface area contributed by atoms with Gasteiger partial charge in [-0.3, -0.25) is 9.67 Å². The number of nitrogens with one attached hydrogen (secondary N) is 1. The smallest absolute Gasteiger partial charge is 0.200 e. The topological polar surface area (TPSA) is 52.1 Å². The maximum absolute atomic E-state index is 5.90. The van der Waals surface area contributed by atoms with Crippen LogP contribution in [0.15, 0.2) is 77.3 Å². The van der Waals surface area contributed by atoms with Crippen LogP contribution in [0.3, 0.4) is 0 Å². The van der Waals surface area contributed by atoms with Crippen molar-refractivity contribution in [1.29, 1.82) is 0 Å². The van der Waals surface area contributed by atoms with Crippen LogP contribution in [0.5, 0.6) is 11.5 Å². The highest BCUT2D eigenvalue weighted by molar-refractivity contribution is 9.10.